The van der Waals surface area contributed by atoms with Crippen molar-refractivity contribution in [1.29, 1.82) is 0 Å². The van der Waals surface area contributed by atoms with Gasteiger partial charge in [0.25, 0.3) is 0 Å². The summed E-state index contributed by atoms with van der Waals surface area (Å²) in [6.07, 6.45) is 5.91. The average Bonchev–Trinajstić information content (AvgIpc) is 2.93. The van der Waals surface area contributed by atoms with Crippen LogP contribution in [0.5, 0.6) is 0 Å². The standard InChI is InChI=1S/C16H24Si/c1-17(2,3)16-10-9-14(15(16)12-16)11-13-7-5-4-6-8-13/h4-8,14-15H,9-12H2,1-3H3. The first kappa shape index (κ1) is 11.5. The lowest BCUT2D eigenvalue weighted by atomic mass is 9.95. The Bertz CT molecular complexity index is 403. The fourth-order valence-electron chi connectivity index (χ4n) is 4.28. The van der Waals surface area contributed by atoms with E-state index in [9.17, 15) is 0 Å². The van der Waals surface area contributed by atoms with Crippen molar-refractivity contribution in [3.63, 3.8) is 0 Å². The molecule has 0 heterocycles. The first-order valence-electron chi connectivity index (χ1n) is 7.07. The van der Waals surface area contributed by atoms with Gasteiger partial charge in [0.1, 0.15) is 0 Å². The molecule has 2 saturated carbocycles. The van der Waals surface area contributed by atoms with Crippen LogP contribution in [0, 0.1) is 11.8 Å². The third kappa shape index (κ3) is 1.79. The summed E-state index contributed by atoms with van der Waals surface area (Å²) in [7, 11) is -0.933. The molecule has 17 heavy (non-hydrogen) atoms. The second-order valence-electron chi connectivity index (χ2n) is 7.21. The molecular weight excluding hydrogens is 220 g/mol. The second kappa shape index (κ2) is 3.71. The Labute approximate surface area is 106 Å². The third-order valence-electron chi connectivity index (χ3n) is 5.50. The molecule has 0 spiro atoms. The van der Waals surface area contributed by atoms with Crippen LogP contribution in [-0.2, 0) is 6.42 Å². The summed E-state index contributed by atoms with van der Waals surface area (Å²) in [6.45, 7) is 7.74. The van der Waals surface area contributed by atoms with E-state index in [0.29, 0.717) is 0 Å². The van der Waals surface area contributed by atoms with Crippen LogP contribution >= 0.6 is 0 Å². The van der Waals surface area contributed by atoms with Crippen LogP contribution in [0.3, 0.4) is 0 Å². The van der Waals surface area contributed by atoms with E-state index >= 15 is 0 Å². The molecule has 0 N–H and O–H groups in total. The van der Waals surface area contributed by atoms with Crippen LogP contribution in [-0.4, -0.2) is 8.07 Å². The van der Waals surface area contributed by atoms with Gasteiger partial charge in [-0.25, -0.2) is 0 Å². The van der Waals surface area contributed by atoms with Gasteiger partial charge in [0.15, 0.2) is 0 Å². The monoisotopic (exact) mass is 244 g/mol. The van der Waals surface area contributed by atoms with Crippen molar-refractivity contribution in [1.82, 2.24) is 0 Å². The van der Waals surface area contributed by atoms with E-state index in [1.54, 1.807) is 12.0 Å². The molecule has 1 aromatic carbocycles. The molecule has 2 aliphatic carbocycles. The highest BCUT2D eigenvalue weighted by molar-refractivity contribution is 6.80. The SMILES string of the molecule is C[Si](C)(C)C12CCC(Cc3ccccc3)C1C2. The quantitative estimate of drug-likeness (QED) is 0.674. The molecule has 0 aliphatic heterocycles. The Balaban J connectivity index is 1.70. The maximum absolute atomic E-state index is 2.58. The summed E-state index contributed by atoms with van der Waals surface area (Å²) in [5, 5.41) is 0.840. The minimum absolute atomic E-state index is 0.840. The number of rotatable bonds is 3. The normalized spacial score (nSPS) is 35.7. The first-order valence-corrected chi connectivity index (χ1v) is 10.6. The van der Waals surface area contributed by atoms with Gasteiger partial charge in [-0.15, -0.1) is 0 Å². The maximum atomic E-state index is 2.58. The molecule has 92 valence electrons. The zero-order valence-corrected chi connectivity index (χ0v) is 12.4. The van der Waals surface area contributed by atoms with Crippen molar-refractivity contribution >= 4 is 8.07 Å². The molecule has 0 amide bonds. The Morgan fingerprint density at radius 1 is 1.18 bits per heavy atom. The fraction of sp³-hybridized carbons (Fsp3) is 0.625. The van der Waals surface area contributed by atoms with E-state index in [4.69, 9.17) is 0 Å². The maximum Gasteiger partial charge on any atom is 0.0509 e. The Morgan fingerprint density at radius 2 is 1.88 bits per heavy atom. The summed E-state index contributed by atoms with van der Waals surface area (Å²) in [6, 6.07) is 11.1. The van der Waals surface area contributed by atoms with Gasteiger partial charge < -0.3 is 0 Å². The number of benzene rings is 1. The van der Waals surface area contributed by atoms with Crippen molar-refractivity contribution < 1.29 is 0 Å². The Hall–Kier alpha value is -0.563. The van der Waals surface area contributed by atoms with E-state index in [0.717, 1.165) is 16.9 Å². The van der Waals surface area contributed by atoms with Crippen molar-refractivity contribution in [2.45, 2.75) is 50.4 Å². The summed E-state index contributed by atoms with van der Waals surface area (Å²) in [5.41, 5.74) is 1.55. The van der Waals surface area contributed by atoms with E-state index in [1.807, 2.05) is 0 Å². The van der Waals surface area contributed by atoms with Crippen molar-refractivity contribution in [2.75, 3.05) is 0 Å². The molecule has 0 bridgehead atoms. The molecule has 0 saturated heterocycles. The molecule has 1 aromatic rings. The van der Waals surface area contributed by atoms with Crippen molar-refractivity contribution in [3.8, 4) is 0 Å². The topological polar surface area (TPSA) is 0 Å². The average molecular weight is 244 g/mol. The van der Waals surface area contributed by atoms with Gasteiger partial charge in [-0.2, -0.15) is 0 Å². The highest BCUT2D eigenvalue weighted by Gasteiger charge is 2.66. The number of hydrogen-bond acceptors (Lipinski definition) is 0. The predicted octanol–water partition coefficient (Wildman–Crippen LogP) is 4.74. The highest BCUT2D eigenvalue weighted by atomic mass is 28.3. The summed E-state index contributed by atoms with van der Waals surface area (Å²) in [5.74, 6) is 2.07. The van der Waals surface area contributed by atoms with Crippen molar-refractivity contribution in [3.05, 3.63) is 35.9 Å². The molecule has 2 aliphatic rings. The molecule has 0 aromatic heterocycles. The van der Waals surface area contributed by atoms with Gasteiger partial charge in [0.05, 0.1) is 8.07 Å². The number of fused-ring (bicyclic) bond motifs is 1. The largest absolute Gasteiger partial charge is 0.0691 e. The lowest BCUT2D eigenvalue weighted by Crippen LogP contribution is -2.29. The van der Waals surface area contributed by atoms with Gasteiger partial charge in [0, 0.05) is 0 Å². The summed E-state index contributed by atoms with van der Waals surface area (Å²) < 4.78 is 0. The van der Waals surface area contributed by atoms with E-state index in [2.05, 4.69) is 50.0 Å². The lowest BCUT2D eigenvalue weighted by Gasteiger charge is -2.27. The highest BCUT2D eigenvalue weighted by Crippen LogP contribution is 2.76. The molecule has 3 atom stereocenters. The van der Waals surface area contributed by atoms with E-state index in [1.165, 1.54) is 19.3 Å². The van der Waals surface area contributed by atoms with Gasteiger partial charge in [0.2, 0.25) is 0 Å². The minimum atomic E-state index is -0.933. The van der Waals surface area contributed by atoms with Crippen LogP contribution in [0.4, 0.5) is 0 Å². The van der Waals surface area contributed by atoms with Crippen molar-refractivity contribution in [2.24, 2.45) is 11.8 Å². The van der Waals surface area contributed by atoms with Gasteiger partial charge in [-0.3, -0.25) is 0 Å². The predicted molar refractivity (Wildman–Crippen MR) is 77.0 cm³/mol. The van der Waals surface area contributed by atoms with Gasteiger partial charge in [-0.1, -0.05) is 50.0 Å². The van der Waals surface area contributed by atoms with Crippen LogP contribution in [0.2, 0.25) is 24.7 Å². The summed E-state index contributed by atoms with van der Waals surface area (Å²) in [4.78, 5) is 0. The molecule has 1 heteroatoms. The molecule has 2 fully saturated rings. The smallest absolute Gasteiger partial charge is 0.0509 e. The third-order valence-corrected chi connectivity index (χ3v) is 9.31. The van der Waals surface area contributed by atoms with Crippen LogP contribution < -0.4 is 0 Å². The zero-order chi connectivity index (χ0) is 12.1. The van der Waals surface area contributed by atoms with Crippen LogP contribution in [0.25, 0.3) is 0 Å². The zero-order valence-electron chi connectivity index (χ0n) is 11.4. The Kier molecular flexibility index (Phi) is 2.52. The Morgan fingerprint density at radius 3 is 2.41 bits per heavy atom. The van der Waals surface area contributed by atoms with Crippen LogP contribution in [0.1, 0.15) is 24.8 Å². The second-order valence-corrected chi connectivity index (χ2v) is 12.7. The van der Waals surface area contributed by atoms with Crippen LogP contribution in [0.15, 0.2) is 30.3 Å². The molecule has 0 radical (unpaired) electrons. The molecule has 3 unspecified atom stereocenters. The molecule has 0 nitrogen and oxygen atoms in total. The minimum Gasteiger partial charge on any atom is -0.0691 e. The van der Waals surface area contributed by atoms with Gasteiger partial charge in [-0.05, 0) is 48.1 Å². The van der Waals surface area contributed by atoms with Gasteiger partial charge >= 0.3 is 0 Å². The molecule has 3 rings (SSSR count). The first-order chi connectivity index (χ1) is 8.03. The van der Waals surface area contributed by atoms with E-state index < -0.39 is 8.07 Å². The van der Waals surface area contributed by atoms with E-state index in [-0.39, 0.29) is 0 Å². The fourth-order valence-corrected chi connectivity index (χ4v) is 7.36. The molecular formula is C16H24Si. The number of hydrogen-bond donors (Lipinski definition) is 0. The lowest BCUT2D eigenvalue weighted by molar-refractivity contribution is 0.478. The summed E-state index contributed by atoms with van der Waals surface area (Å²) >= 11 is 0.